The van der Waals surface area contributed by atoms with Crippen LogP contribution in [0, 0.1) is 0 Å². The van der Waals surface area contributed by atoms with E-state index in [0.29, 0.717) is 18.1 Å². The Kier molecular flexibility index (Phi) is 6.30. The van der Waals surface area contributed by atoms with Crippen LogP contribution in [0.25, 0.3) is 0 Å². The lowest BCUT2D eigenvalue weighted by Crippen LogP contribution is -2.10. The number of rotatable bonds is 7. The average molecular weight is 387 g/mol. The van der Waals surface area contributed by atoms with Gasteiger partial charge in [-0.05, 0) is 47.5 Å². The van der Waals surface area contributed by atoms with Gasteiger partial charge in [0.25, 0.3) is 0 Å². The molecule has 0 atom stereocenters. The third-order valence-electron chi connectivity index (χ3n) is 3.75. The van der Waals surface area contributed by atoms with E-state index in [0.717, 1.165) is 17.0 Å². The van der Waals surface area contributed by atoms with Crippen molar-refractivity contribution in [1.82, 2.24) is 14.8 Å². The molecule has 5 nitrogen and oxygen atoms in total. The number of amides is 1. The third kappa shape index (κ3) is 4.86. The molecule has 0 saturated carbocycles. The van der Waals surface area contributed by atoms with E-state index >= 15 is 0 Å². The number of anilines is 1. The zero-order valence-corrected chi connectivity index (χ0v) is 15.9. The highest BCUT2D eigenvalue weighted by Gasteiger charge is 2.13. The molecule has 0 unspecified atom stereocenters. The number of hydrogen-bond donors (Lipinski definition) is 1. The SMILES string of the molecule is CCC(=O)Nc1ccccc1Sc1nc(Cl)nn1CCc1ccccc1. The second kappa shape index (κ2) is 8.87. The van der Waals surface area contributed by atoms with Crippen molar-refractivity contribution in [2.75, 3.05) is 5.32 Å². The number of nitrogens with zero attached hydrogens (tertiary/aromatic N) is 3. The fraction of sp³-hybridized carbons (Fsp3) is 0.211. The Labute approximate surface area is 161 Å². The molecule has 7 heteroatoms. The minimum atomic E-state index is -0.0263. The predicted molar refractivity (Wildman–Crippen MR) is 105 cm³/mol. The largest absolute Gasteiger partial charge is 0.325 e. The maximum atomic E-state index is 11.7. The number of benzene rings is 2. The number of carbonyl (C=O) groups excluding carboxylic acids is 1. The summed E-state index contributed by atoms with van der Waals surface area (Å²) in [7, 11) is 0. The number of aromatic nitrogens is 3. The smallest absolute Gasteiger partial charge is 0.243 e. The summed E-state index contributed by atoms with van der Waals surface area (Å²) in [5, 5.41) is 8.12. The van der Waals surface area contributed by atoms with Gasteiger partial charge in [-0.25, -0.2) is 4.68 Å². The second-order valence-corrected chi connectivity index (χ2v) is 6.97. The molecule has 2 aromatic carbocycles. The van der Waals surface area contributed by atoms with E-state index in [2.05, 4.69) is 27.5 Å². The Morgan fingerprint density at radius 2 is 1.88 bits per heavy atom. The number of aryl methyl sites for hydroxylation is 2. The molecule has 26 heavy (non-hydrogen) atoms. The maximum Gasteiger partial charge on any atom is 0.243 e. The second-order valence-electron chi connectivity index (χ2n) is 5.62. The topological polar surface area (TPSA) is 59.8 Å². The molecule has 134 valence electrons. The van der Waals surface area contributed by atoms with E-state index in [-0.39, 0.29) is 11.2 Å². The first-order valence-electron chi connectivity index (χ1n) is 8.36. The Hall–Kier alpha value is -2.31. The molecule has 1 amide bonds. The summed E-state index contributed by atoms with van der Waals surface area (Å²) in [6.07, 6.45) is 1.26. The van der Waals surface area contributed by atoms with Crippen molar-refractivity contribution in [3.63, 3.8) is 0 Å². The van der Waals surface area contributed by atoms with Crippen molar-refractivity contribution < 1.29 is 4.79 Å². The van der Waals surface area contributed by atoms with Gasteiger partial charge in [-0.3, -0.25) is 4.79 Å². The Morgan fingerprint density at radius 1 is 1.15 bits per heavy atom. The van der Waals surface area contributed by atoms with Gasteiger partial charge in [-0.1, -0.05) is 49.4 Å². The molecule has 3 aromatic rings. The zero-order valence-electron chi connectivity index (χ0n) is 14.4. The van der Waals surface area contributed by atoms with Crippen LogP contribution in [0.4, 0.5) is 5.69 Å². The number of carbonyl (C=O) groups is 1. The van der Waals surface area contributed by atoms with Crippen LogP contribution < -0.4 is 5.32 Å². The normalized spacial score (nSPS) is 10.7. The van der Waals surface area contributed by atoms with Crippen molar-refractivity contribution in [3.8, 4) is 0 Å². The van der Waals surface area contributed by atoms with Gasteiger partial charge in [0.15, 0.2) is 5.16 Å². The molecule has 1 heterocycles. The van der Waals surface area contributed by atoms with Crippen LogP contribution >= 0.6 is 23.4 Å². The molecule has 0 radical (unpaired) electrons. The van der Waals surface area contributed by atoms with Crippen molar-refractivity contribution in [2.24, 2.45) is 0 Å². The van der Waals surface area contributed by atoms with Gasteiger partial charge in [0.2, 0.25) is 11.2 Å². The quantitative estimate of drug-likeness (QED) is 0.640. The van der Waals surface area contributed by atoms with Crippen molar-refractivity contribution in [3.05, 3.63) is 65.4 Å². The summed E-state index contributed by atoms with van der Waals surface area (Å²) in [6.45, 7) is 2.50. The van der Waals surface area contributed by atoms with E-state index in [4.69, 9.17) is 11.6 Å². The standard InChI is InChI=1S/C19H19ClN4OS/c1-2-17(25)21-15-10-6-7-11-16(15)26-19-22-18(20)23-24(19)13-12-14-8-4-3-5-9-14/h3-11H,2,12-13H2,1H3,(H,21,25). The first kappa shape index (κ1) is 18.5. The molecule has 0 aliphatic heterocycles. The number of para-hydroxylation sites is 1. The molecule has 0 aliphatic rings. The molecule has 0 saturated heterocycles. The van der Waals surface area contributed by atoms with E-state index in [1.165, 1.54) is 17.3 Å². The molecule has 0 spiro atoms. The molecule has 1 aromatic heterocycles. The lowest BCUT2D eigenvalue weighted by molar-refractivity contribution is -0.115. The lowest BCUT2D eigenvalue weighted by Gasteiger charge is -2.10. The Bertz CT molecular complexity index is 882. The van der Waals surface area contributed by atoms with Gasteiger partial charge >= 0.3 is 0 Å². The van der Waals surface area contributed by atoms with Crippen molar-refractivity contribution in [1.29, 1.82) is 0 Å². The van der Waals surface area contributed by atoms with Crippen LogP contribution in [0.15, 0.2) is 64.6 Å². The minimum Gasteiger partial charge on any atom is -0.325 e. The molecule has 1 N–H and O–H groups in total. The third-order valence-corrected chi connectivity index (χ3v) is 4.97. The fourth-order valence-corrected chi connectivity index (χ4v) is 3.56. The van der Waals surface area contributed by atoms with E-state index in [1.54, 1.807) is 4.68 Å². The first-order valence-corrected chi connectivity index (χ1v) is 9.56. The van der Waals surface area contributed by atoms with Gasteiger partial charge in [0, 0.05) is 17.9 Å². The lowest BCUT2D eigenvalue weighted by atomic mass is 10.2. The van der Waals surface area contributed by atoms with Gasteiger partial charge in [-0.2, -0.15) is 4.98 Å². The average Bonchev–Trinajstić information content (AvgIpc) is 3.01. The van der Waals surface area contributed by atoms with Crippen molar-refractivity contribution >= 4 is 35.0 Å². The zero-order chi connectivity index (χ0) is 18.4. The van der Waals surface area contributed by atoms with Crippen LogP contribution in [-0.2, 0) is 17.8 Å². The molecular weight excluding hydrogens is 368 g/mol. The molecule has 0 bridgehead atoms. The highest BCUT2D eigenvalue weighted by Crippen LogP contribution is 2.33. The van der Waals surface area contributed by atoms with Crippen LogP contribution in [0.1, 0.15) is 18.9 Å². The van der Waals surface area contributed by atoms with E-state index in [9.17, 15) is 4.79 Å². The first-order chi connectivity index (χ1) is 12.7. The van der Waals surface area contributed by atoms with Crippen LogP contribution in [0.2, 0.25) is 5.28 Å². The maximum absolute atomic E-state index is 11.7. The summed E-state index contributed by atoms with van der Waals surface area (Å²) < 4.78 is 1.80. The highest BCUT2D eigenvalue weighted by atomic mass is 35.5. The molecular formula is C19H19ClN4OS. The fourth-order valence-electron chi connectivity index (χ4n) is 2.40. The molecule has 0 aliphatic carbocycles. The Balaban J connectivity index is 1.77. The number of halogens is 1. The van der Waals surface area contributed by atoms with Gasteiger partial charge in [0.1, 0.15) is 0 Å². The minimum absolute atomic E-state index is 0.0263. The Morgan fingerprint density at radius 3 is 2.65 bits per heavy atom. The molecule has 3 rings (SSSR count). The van der Waals surface area contributed by atoms with Gasteiger partial charge in [-0.15, -0.1) is 5.10 Å². The van der Waals surface area contributed by atoms with E-state index in [1.807, 2.05) is 49.4 Å². The summed E-state index contributed by atoms with van der Waals surface area (Å²) in [5.74, 6) is -0.0263. The predicted octanol–water partition coefficient (Wildman–Crippen LogP) is 4.67. The summed E-state index contributed by atoms with van der Waals surface area (Å²) in [4.78, 5) is 17.0. The van der Waals surface area contributed by atoms with Crippen LogP contribution in [-0.4, -0.2) is 20.7 Å². The monoisotopic (exact) mass is 386 g/mol. The summed E-state index contributed by atoms with van der Waals surface area (Å²) in [6, 6.07) is 17.8. The van der Waals surface area contributed by atoms with Crippen LogP contribution in [0.3, 0.4) is 0 Å². The number of hydrogen-bond acceptors (Lipinski definition) is 4. The molecule has 0 fully saturated rings. The van der Waals surface area contributed by atoms with Crippen molar-refractivity contribution in [2.45, 2.75) is 36.4 Å². The van der Waals surface area contributed by atoms with Gasteiger partial charge < -0.3 is 5.32 Å². The van der Waals surface area contributed by atoms with Gasteiger partial charge in [0.05, 0.1) is 5.69 Å². The number of nitrogens with one attached hydrogen (secondary N) is 1. The summed E-state index contributed by atoms with van der Waals surface area (Å²) in [5.41, 5.74) is 1.99. The summed E-state index contributed by atoms with van der Waals surface area (Å²) >= 11 is 7.47. The van der Waals surface area contributed by atoms with E-state index < -0.39 is 0 Å². The van der Waals surface area contributed by atoms with Crippen LogP contribution in [0.5, 0.6) is 0 Å². The highest BCUT2D eigenvalue weighted by molar-refractivity contribution is 7.99.